The van der Waals surface area contributed by atoms with Crippen molar-refractivity contribution in [2.24, 2.45) is 0 Å². The van der Waals surface area contributed by atoms with Gasteiger partial charge in [-0.2, -0.15) is 0 Å². The highest BCUT2D eigenvalue weighted by atomic mass is 79.9. The fourth-order valence-corrected chi connectivity index (χ4v) is 1.01. The number of hydrogen-bond acceptors (Lipinski definition) is 2. The molecule has 1 rings (SSSR count). The molecule has 0 spiro atoms. The SMILES string of the molecule is O=C(O)CC=Cc1ccc(Br)o1. The minimum atomic E-state index is -0.850. The normalized spacial score (nSPS) is 10.8. The summed E-state index contributed by atoms with van der Waals surface area (Å²) in [5, 5.41) is 8.31. The van der Waals surface area contributed by atoms with E-state index in [0.717, 1.165) is 0 Å². The summed E-state index contributed by atoms with van der Waals surface area (Å²) >= 11 is 3.14. The Labute approximate surface area is 77.8 Å². The molecule has 0 saturated carbocycles. The highest BCUT2D eigenvalue weighted by Gasteiger charge is 1.94. The zero-order valence-electron chi connectivity index (χ0n) is 6.16. The second-order valence-corrected chi connectivity index (χ2v) is 2.92. The average Bonchev–Trinajstić information content (AvgIpc) is 2.35. The summed E-state index contributed by atoms with van der Waals surface area (Å²) in [5.41, 5.74) is 0. The van der Waals surface area contributed by atoms with E-state index < -0.39 is 5.97 Å². The predicted octanol–water partition coefficient (Wildman–Crippen LogP) is 2.53. The van der Waals surface area contributed by atoms with Gasteiger partial charge in [0.15, 0.2) is 4.67 Å². The van der Waals surface area contributed by atoms with E-state index in [0.29, 0.717) is 10.4 Å². The van der Waals surface area contributed by atoms with Crippen LogP contribution in [0.2, 0.25) is 0 Å². The van der Waals surface area contributed by atoms with Gasteiger partial charge in [0.2, 0.25) is 0 Å². The monoisotopic (exact) mass is 230 g/mol. The van der Waals surface area contributed by atoms with Gasteiger partial charge >= 0.3 is 5.97 Å². The minimum Gasteiger partial charge on any atom is -0.481 e. The number of rotatable bonds is 3. The number of furan rings is 1. The molecule has 0 fully saturated rings. The van der Waals surface area contributed by atoms with Gasteiger partial charge in [0.1, 0.15) is 5.76 Å². The van der Waals surface area contributed by atoms with Crippen molar-refractivity contribution in [1.29, 1.82) is 0 Å². The Morgan fingerprint density at radius 2 is 2.42 bits per heavy atom. The molecule has 0 aliphatic carbocycles. The van der Waals surface area contributed by atoms with Gasteiger partial charge in [-0.1, -0.05) is 6.08 Å². The van der Waals surface area contributed by atoms with Gasteiger partial charge in [0.05, 0.1) is 6.42 Å². The third-order valence-electron chi connectivity index (χ3n) is 1.17. The van der Waals surface area contributed by atoms with Crippen molar-refractivity contribution >= 4 is 28.0 Å². The molecule has 12 heavy (non-hydrogen) atoms. The number of aliphatic carboxylic acids is 1. The van der Waals surface area contributed by atoms with Crippen LogP contribution in [0.15, 0.2) is 27.3 Å². The fourth-order valence-electron chi connectivity index (χ4n) is 0.694. The van der Waals surface area contributed by atoms with Crippen LogP contribution in [0.3, 0.4) is 0 Å². The lowest BCUT2D eigenvalue weighted by Crippen LogP contribution is -1.89. The molecule has 0 unspecified atom stereocenters. The van der Waals surface area contributed by atoms with Crippen molar-refractivity contribution in [3.8, 4) is 0 Å². The summed E-state index contributed by atoms with van der Waals surface area (Å²) in [6, 6.07) is 3.50. The van der Waals surface area contributed by atoms with Crippen molar-refractivity contribution in [3.63, 3.8) is 0 Å². The molecule has 1 N–H and O–H groups in total. The molecule has 0 aromatic carbocycles. The number of carbonyl (C=O) groups is 1. The van der Waals surface area contributed by atoms with E-state index in [1.165, 1.54) is 6.08 Å². The van der Waals surface area contributed by atoms with Gasteiger partial charge in [0, 0.05) is 0 Å². The van der Waals surface area contributed by atoms with Crippen LogP contribution in [0.25, 0.3) is 6.08 Å². The first-order valence-electron chi connectivity index (χ1n) is 3.32. The molecular weight excluding hydrogens is 224 g/mol. The summed E-state index contributed by atoms with van der Waals surface area (Å²) in [5.74, 6) is -0.208. The van der Waals surface area contributed by atoms with E-state index in [9.17, 15) is 4.79 Å². The third-order valence-corrected chi connectivity index (χ3v) is 1.59. The summed E-state index contributed by atoms with van der Waals surface area (Å²) in [7, 11) is 0. The third kappa shape index (κ3) is 2.92. The molecule has 0 aliphatic heterocycles. The Kier molecular flexibility index (Phi) is 3.10. The van der Waals surface area contributed by atoms with Crippen LogP contribution in [-0.4, -0.2) is 11.1 Å². The highest BCUT2D eigenvalue weighted by molar-refractivity contribution is 9.10. The molecule has 4 heteroatoms. The van der Waals surface area contributed by atoms with Crippen LogP contribution >= 0.6 is 15.9 Å². The number of halogens is 1. The Hall–Kier alpha value is -1.03. The maximum Gasteiger partial charge on any atom is 0.307 e. The molecule has 1 heterocycles. The number of hydrogen-bond donors (Lipinski definition) is 1. The van der Waals surface area contributed by atoms with Crippen molar-refractivity contribution in [1.82, 2.24) is 0 Å². The van der Waals surface area contributed by atoms with Gasteiger partial charge in [-0.3, -0.25) is 4.79 Å². The van der Waals surface area contributed by atoms with Crippen LogP contribution in [0.5, 0.6) is 0 Å². The first-order chi connectivity index (χ1) is 5.68. The summed E-state index contributed by atoms with van der Waals surface area (Å²) in [4.78, 5) is 10.1. The average molecular weight is 231 g/mol. The van der Waals surface area contributed by atoms with Gasteiger partial charge in [-0.05, 0) is 34.1 Å². The topological polar surface area (TPSA) is 50.4 Å². The summed E-state index contributed by atoms with van der Waals surface area (Å²) in [6.45, 7) is 0. The molecule has 1 aromatic heterocycles. The molecule has 0 amide bonds. The molecule has 0 saturated heterocycles. The lowest BCUT2D eigenvalue weighted by atomic mass is 10.3. The van der Waals surface area contributed by atoms with Crippen molar-refractivity contribution in [2.75, 3.05) is 0 Å². The maximum atomic E-state index is 10.1. The Bertz CT molecular complexity index is 301. The van der Waals surface area contributed by atoms with Crippen LogP contribution in [0.1, 0.15) is 12.2 Å². The Balaban J connectivity index is 2.52. The van der Waals surface area contributed by atoms with Crippen LogP contribution < -0.4 is 0 Å². The Morgan fingerprint density at radius 1 is 1.67 bits per heavy atom. The second-order valence-electron chi connectivity index (χ2n) is 2.14. The lowest BCUT2D eigenvalue weighted by molar-refractivity contribution is -0.135. The highest BCUT2D eigenvalue weighted by Crippen LogP contribution is 2.15. The van der Waals surface area contributed by atoms with E-state index in [2.05, 4.69) is 15.9 Å². The van der Waals surface area contributed by atoms with E-state index in [4.69, 9.17) is 9.52 Å². The molecule has 1 aromatic rings. The van der Waals surface area contributed by atoms with Crippen LogP contribution in [0, 0.1) is 0 Å². The molecule has 0 radical (unpaired) electrons. The summed E-state index contributed by atoms with van der Waals surface area (Å²) < 4.78 is 5.74. The molecule has 0 bridgehead atoms. The zero-order chi connectivity index (χ0) is 8.97. The smallest absolute Gasteiger partial charge is 0.307 e. The number of carboxylic acids is 1. The van der Waals surface area contributed by atoms with Crippen molar-refractivity contribution < 1.29 is 14.3 Å². The zero-order valence-corrected chi connectivity index (χ0v) is 7.74. The quantitative estimate of drug-likeness (QED) is 0.869. The predicted molar refractivity (Wildman–Crippen MR) is 47.7 cm³/mol. The van der Waals surface area contributed by atoms with Crippen molar-refractivity contribution in [2.45, 2.75) is 6.42 Å². The maximum absolute atomic E-state index is 10.1. The molecule has 0 aliphatic rings. The first kappa shape index (κ1) is 9.06. The van der Waals surface area contributed by atoms with Gasteiger partial charge in [-0.25, -0.2) is 0 Å². The lowest BCUT2D eigenvalue weighted by Gasteiger charge is -1.83. The minimum absolute atomic E-state index is 0.0122. The molecule has 64 valence electrons. The largest absolute Gasteiger partial charge is 0.481 e. The molecule has 3 nitrogen and oxygen atoms in total. The van der Waals surface area contributed by atoms with E-state index >= 15 is 0 Å². The molecule has 0 atom stereocenters. The first-order valence-corrected chi connectivity index (χ1v) is 4.11. The van der Waals surface area contributed by atoms with Crippen LogP contribution in [0.4, 0.5) is 0 Å². The summed E-state index contributed by atoms with van der Waals surface area (Å²) in [6.07, 6.45) is 3.17. The molecular formula is C8H7BrO3. The van der Waals surface area contributed by atoms with E-state index in [1.807, 2.05) is 0 Å². The van der Waals surface area contributed by atoms with Gasteiger partial charge in [0.25, 0.3) is 0 Å². The standard InChI is InChI=1S/C8H7BrO3/c9-7-5-4-6(12-7)2-1-3-8(10)11/h1-2,4-5H,3H2,(H,10,11). The van der Waals surface area contributed by atoms with Gasteiger partial charge in [-0.15, -0.1) is 0 Å². The van der Waals surface area contributed by atoms with E-state index in [1.54, 1.807) is 18.2 Å². The fraction of sp³-hybridized carbons (Fsp3) is 0.125. The second kappa shape index (κ2) is 4.11. The van der Waals surface area contributed by atoms with Crippen molar-refractivity contribution in [3.05, 3.63) is 28.6 Å². The Morgan fingerprint density at radius 3 is 2.92 bits per heavy atom. The van der Waals surface area contributed by atoms with E-state index in [-0.39, 0.29) is 6.42 Å². The number of carboxylic acid groups (broad SMARTS) is 1. The van der Waals surface area contributed by atoms with Gasteiger partial charge < -0.3 is 9.52 Å². The van der Waals surface area contributed by atoms with Crippen LogP contribution in [-0.2, 0) is 4.79 Å².